The number of carbonyl (C=O) groups excluding carboxylic acids is 2. The Bertz CT molecular complexity index is 876. The average Bonchev–Trinajstić information content (AvgIpc) is 3.14. The van der Waals surface area contributed by atoms with Gasteiger partial charge in [0.15, 0.2) is 5.69 Å². The van der Waals surface area contributed by atoms with Gasteiger partial charge in [0.05, 0.1) is 13.2 Å². The van der Waals surface area contributed by atoms with Crippen molar-refractivity contribution in [3.05, 3.63) is 46.3 Å². The minimum Gasteiger partial charge on any atom is -0.378 e. The summed E-state index contributed by atoms with van der Waals surface area (Å²) in [7, 11) is 0. The molecule has 150 valence electrons. The van der Waals surface area contributed by atoms with Gasteiger partial charge in [0.2, 0.25) is 0 Å². The number of carbonyl (C=O) groups is 2. The topological polar surface area (TPSA) is 99.3 Å². The largest absolute Gasteiger partial charge is 0.378 e. The Balaban J connectivity index is 0.00000225. The van der Waals surface area contributed by atoms with Crippen LogP contribution in [0.1, 0.15) is 37.7 Å². The molecule has 9 heteroatoms. The second-order valence-corrected chi connectivity index (χ2v) is 6.79. The first-order valence-electron chi connectivity index (χ1n) is 9.20. The van der Waals surface area contributed by atoms with Crippen LogP contribution in [-0.4, -0.2) is 59.8 Å². The van der Waals surface area contributed by atoms with Gasteiger partial charge < -0.3 is 20.3 Å². The quantitative estimate of drug-likeness (QED) is 0.718. The van der Waals surface area contributed by atoms with E-state index in [1.165, 1.54) is 0 Å². The maximum absolute atomic E-state index is 12.8. The Labute approximate surface area is 169 Å². The number of fused-ring (bicyclic) bond motifs is 1. The molecule has 2 amide bonds. The number of halogens is 1. The number of nitrogens with zero attached hydrogens (tertiary/aromatic N) is 2. The van der Waals surface area contributed by atoms with E-state index in [-0.39, 0.29) is 24.2 Å². The highest BCUT2D eigenvalue weighted by atomic mass is 35.5. The highest BCUT2D eigenvalue weighted by Gasteiger charge is 2.24. The lowest BCUT2D eigenvalue weighted by Gasteiger charge is -2.27. The third-order valence-electron chi connectivity index (χ3n) is 5.13. The molecule has 28 heavy (non-hydrogen) atoms. The zero-order valence-corrected chi connectivity index (χ0v) is 16.5. The molecule has 1 saturated heterocycles. The molecule has 2 aromatic rings. The van der Waals surface area contributed by atoms with Gasteiger partial charge in [0.1, 0.15) is 0 Å². The van der Waals surface area contributed by atoms with E-state index < -0.39 is 0 Å². The fourth-order valence-electron chi connectivity index (χ4n) is 3.53. The molecule has 0 radical (unpaired) electrons. The Morgan fingerprint density at radius 2 is 2.04 bits per heavy atom. The summed E-state index contributed by atoms with van der Waals surface area (Å²) in [5.74, 6) is -0.302. The Morgan fingerprint density at radius 3 is 2.82 bits per heavy atom. The number of benzene rings is 1. The molecule has 2 aliphatic rings. The van der Waals surface area contributed by atoms with E-state index in [1.807, 2.05) is 6.92 Å². The van der Waals surface area contributed by atoms with E-state index in [0.717, 1.165) is 29.8 Å². The van der Waals surface area contributed by atoms with E-state index in [9.17, 15) is 9.59 Å². The van der Waals surface area contributed by atoms with Gasteiger partial charge in [-0.05, 0) is 24.6 Å². The molecule has 0 aliphatic carbocycles. The van der Waals surface area contributed by atoms with Crippen LogP contribution in [0, 0.1) is 6.92 Å². The van der Waals surface area contributed by atoms with E-state index in [2.05, 4.69) is 20.8 Å². The highest BCUT2D eigenvalue weighted by Crippen LogP contribution is 2.23. The van der Waals surface area contributed by atoms with Crippen LogP contribution in [0.4, 0.5) is 5.69 Å². The summed E-state index contributed by atoms with van der Waals surface area (Å²) in [4.78, 5) is 27.3. The molecule has 1 fully saturated rings. The SMILES string of the molecule is Cc1c(NC(=O)c2n[nH]c3c2CNCC3)cccc1C(=O)N1CCOCC1.Cl. The Morgan fingerprint density at radius 1 is 1.25 bits per heavy atom. The molecular formula is C19H24ClN5O3. The molecule has 0 atom stereocenters. The Hall–Kier alpha value is -2.42. The summed E-state index contributed by atoms with van der Waals surface area (Å²) in [5, 5.41) is 13.3. The molecular weight excluding hydrogens is 382 g/mol. The first-order chi connectivity index (χ1) is 13.1. The minimum atomic E-state index is -0.268. The predicted octanol–water partition coefficient (Wildman–Crippen LogP) is 1.51. The van der Waals surface area contributed by atoms with Gasteiger partial charge in [-0.2, -0.15) is 5.10 Å². The van der Waals surface area contributed by atoms with Crippen molar-refractivity contribution in [1.82, 2.24) is 20.4 Å². The lowest BCUT2D eigenvalue weighted by atomic mass is 10.0. The third kappa shape index (κ3) is 3.89. The lowest BCUT2D eigenvalue weighted by molar-refractivity contribution is 0.0302. The van der Waals surface area contributed by atoms with Crippen molar-refractivity contribution in [1.29, 1.82) is 0 Å². The normalized spacial score (nSPS) is 16.1. The number of hydrogen-bond acceptors (Lipinski definition) is 5. The molecule has 1 aromatic carbocycles. The standard InChI is InChI=1S/C19H23N5O3.ClH/c1-12-13(19(26)24-7-9-27-10-8-24)3-2-4-15(12)21-18(25)17-14-11-20-6-5-16(14)22-23-17;/h2-4,20H,5-11H2,1H3,(H,21,25)(H,22,23);1H. The van der Waals surface area contributed by atoms with E-state index in [0.29, 0.717) is 49.8 Å². The van der Waals surface area contributed by atoms with Gasteiger partial charge in [-0.15, -0.1) is 12.4 Å². The van der Waals surface area contributed by atoms with E-state index >= 15 is 0 Å². The second-order valence-electron chi connectivity index (χ2n) is 6.79. The van der Waals surface area contributed by atoms with Gasteiger partial charge in [-0.25, -0.2) is 0 Å². The number of aromatic nitrogens is 2. The van der Waals surface area contributed by atoms with Gasteiger partial charge >= 0.3 is 0 Å². The Kier molecular flexibility index (Phi) is 6.33. The van der Waals surface area contributed by atoms with Crippen LogP contribution < -0.4 is 10.6 Å². The molecule has 0 bridgehead atoms. The number of nitrogens with one attached hydrogen (secondary N) is 3. The number of amides is 2. The summed E-state index contributed by atoms with van der Waals surface area (Å²) >= 11 is 0. The van der Waals surface area contributed by atoms with Crippen molar-refractivity contribution in [3.8, 4) is 0 Å². The van der Waals surface area contributed by atoms with Gasteiger partial charge in [-0.3, -0.25) is 14.7 Å². The van der Waals surface area contributed by atoms with Crippen molar-refractivity contribution in [2.45, 2.75) is 19.9 Å². The number of rotatable bonds is 3. The summed E-state index contributed by atoms with van der Waals surface area (Å²) in [6.45, 7) is 5.64. The van der Waals surface area contributed by atoms with Crippen LogP contribution in [0.3, 0.4) is 0 Å². The molecule has 1 aromatic heterocycles. The smallest absolute Gasteiger partial charge is 0.276 e. The lowest BCUT2D eigenvalue weighted by Crippen LogP contribution is -2.41. The van der Waals surface area contributed by atoms with Gasteiger partial charge in [0, 0.05) is 55.1 Å². The monoisotopic (exact) mass is 405 g/mol. The maximum atomic E-state index is 12.8. The maximum Gasteiger partial charge on any atom is 0.276 e. The molecule has 8 nitrogen and oxygen atoms in total. The van der Waals surface area contributed by atoms with Crippen LogP contribution in [0.2, 0.25) is 0 Å². The van der Waals surface area contributed by atoms with E-state index in [4.69, 9.17) is 4.74 Å². The van der Waals surface area contributed by atoms with Crippen molar-refractivity contribution >= 4 is 29.9 Å². The second kappa shape index (κ2) is 8.72. The summed E-state index contributed by atoms with van der Waals surface area (Å²) < 4.78 is 5.31. The van der Waals surface area contributed by atoms with Crippen molar-refractivity contribution < 1.29 is 14.3 Å². The van der Waals surface area contributed by atoms with Gasteiger partial charge in [0.25, 0.3) is 11.8 Å². The first-order valence-corrected chi connectivity index (χ1v) is 9.20. The summed E-state index contributed by atoms with van der Waals surface area (Å²) in [5.41, 5.74) is 4.30. The van der Waals surface area contributed by atoms with Crippen molar-refractivity contribution in [2.24, 2.45) is 0 Å². The minimum absolute atomic E-state index is 0. The predicted molar refractivity (Wildman–Crippen MR) is 107 cm³/mol. The fourth-order valence-corrected chi connectivity index (χ4v) is 3.53. The van der Waals surface area contributed by atoms with Crippen molar-refractivity contribution in [2.75, 3.05) is 38.2 Å². The van der Waals surface area contributed by atoms with Gasteiger partial charge in [-0.1, -0.05) is 6.07 Å². The number of ether oxygens (including phenoxy) is 1. The molecule has 3 N–H and O–H groups in total. The molecule has 2 aliphatic heterocycles. The zero-order chi connectivity index (χ0) is 18.8. The number of aromatic amines is 1. The summed E-state index contributed by atoms with van der Waals surface area (Å²) in [6.07, 6.45) is 0.832. The van der Waals surface area contributed by atoms with Crippen LogP contribution >= 0.6 is 12.4 Å². The fraction of sp³-hybridized carbons (Fsp3) is 0.421. The highest BCUT2D eigenvalue weighted by molar-refractivity contribution is 6.06. The van der Waals surface area contributed by atoms with Crippen LogP contribution in [0.5, 0.6) is 0 Å². The zero-order valence-electron chi connectivity index (χ0n) is 15.7. The van der Waals surface area contributed by atoms with Crippen LogP contribution in [-0.2, 0) is 17.7 Å². The molecule has 0 saturated carbocycles. The molecule has 0 unspecified atom stereocenters. The number of H-pyrrole nitrogens is 1. The molecule has 0 spiro atoms. The number of hydrogen-bond donors (Lipinski definition) is 3. The third-order valence-corrected chi connectivity index (χ3v) is 5.13. The van der Waals surface area contributed by atoms with Crippen LogP contribution in [0.25, 0.3) is 0 Å². The first kappa shape index (κ1) is 20.3. The van der Waals surface area contributed by atoms with E-state index in [1.54, 1.807) is 23.1 Å². The molecule has 4 rings (SSSR count). The summed E-state index contributed by atoms with van der Waals surface area (Å²) in [6, 6.07) is 5.39. The van der Waals surface area contributed by atoms with Crippen LogP contribution in [0.15, 0.2) is 18.2 Å². The molecule has 3 heterocycles. The number of anilines is 1. The van der Waals surface area contributed by atoms with Crippen molar-refractivity contribution in [3.63, 3.8) is 0 Å². The number of morpholine rings is 1. The average molecular weight is 406 g/mol.